The molecule has 0 bridgehead atoms. The number of amides is 1. The Balaban J connectivity index is 1.36. The Kier molecular flexibility index (Phi) is 4.96. The number of pyridine rings is 2. The summed E-state index contributed by atoms with van der Waals surface area (Å²) >= 11 is 0. The molecule has 1 atom stereocenters. The van der Waals surface area contributed by atoms with Crippen LogP contribution in [0.5, 0.6) is 5.88 Å². The number of nitrogens with zero attached hydrogens (tertiary/aromatic N) is 6. The number of para-hydroxylation sites is 1. The fourth-order valence-electron chi connectivity index (χ4n) is 3.61. The number of hydrogen-bond donors (Lipinski definition) is 0. The second kappa shape index (κ2) is 7.95. The van der Waals surface area contributed by atoms with E-state index in [9.17, 15) is 13.6 Å². The van der Waals surface area contributed by atoms with Crippen molar-refractivity contribution in [3.63, 3.8) is 0 Å². The third-order valence-electron chi connectivity index (χ3n) is 5.31. The summed E-state index contributed by atoms with van der Waals surface area (Å²) in [6.07, 6.45) is 2.44. The second-order valence-corrected chi connectivity index (χ2v) is 7.43. The molecule has 162 valence electrons. The number of aromatic nitrogens is 5. The van der Waals surface area contributed by atoms with Crippen LogP contribution in [0.3, 0.4) is 0 Å². The molecule has 8 nitrogen and oxygen atoms in total. The third kappa shape index (κ3) is 3.86. The van der Waals surface area contributed by atoms with Gasteiger partial charge in [0.2, 0.25) is 5.88 Å². The Morgan fingerprint density at radius 1 is 1.06 bits per heavy atom. The second-order valence-electron chi connectivity index (χ2n) is 7.43. The Labute approximate surface area is 181 Å². The van der Waals surface area contributed by atoms with Crippen molar-refractivity contribution in [2.75, 3.05) is 13.1 Å². The van der Waals surface area contributed by atoms with E-state index >= 15 is 0 Å². The van der Waals surface area contributed by atoms with Crippen molar-refractivity contribution in [2.24, 2.45) is 0 Å². The highest BCUT2D eigenvalue weighted by Gasteiger charge is 2.47. The summed E-state index contributed by atoms with van der Waals surface area (Å²) in [5.74, 6) is -3.47. The molecule has 1 amide bonds. The zero-order valence-corrected chi connectivity index (χ0v) is 16.8. The highest BCUT2D eigenvalue weighted by Crippen LogP contribution is 2.32. The molecule has 1 aliphatic rings. The maximum Gasteiger partial charge on any atom is 0.287 e. The monoisotopic (exact) mass is 436 g/mol. The maximum absolute atomic E-state index is 14.6. The van der Waals surface area contributed by atoms with Crippen LogP contribution in [-0.2, 0) is 0 Å². The van der Waals surface area contributed by atoms with Gasteiger partial charge in [0.05, 0.1) is 30.1 Å². The van der Waals surface area contributed by atoms with Crippen molar-refractivity contribution in [3.05, 3.63) is 72.8 Å². The lowest BCUT2D eigenvalue weighted by molar-refractivity contribution is -0.131. The Bertz CT molecular complexity index is 1260. The fourth-order valence-corrected chi connectivity index (χ4v) is 3.61. The Hall–Kier alpha value is -3.95. The molecule has 32 heavy (non-hydrogen) atoms. The molecular weight excluding hydrogens is 418 g/mol. The van der Waals surface area contributed by atoms with E-state index in [2.05, 4.69) is 20.2 Å². The van der Waals surface area contributed by atoms with E-state index in [1.54, 1.807) is 24.3 Å². The first-order chi connectivity index (χ1) is 15.5. The average Bonchev–Trinajstić information content (AvgIpc) is 3.35. The van der Waals surface area contributed by atoms with Crippen molar-refractivity contribution < 1.29 is 18.3 Å². The number of fused-ring (bicyclic) bond motifs is 1. The molecule has 0 unspecified atom stereocenters. The third-order valence-corrected chi connectivity index (χ3v) is 5.31. The number of halogens is 2. The molecule has 0 radical (unpaired) electrons. The summed E-state index contributed by atoms with van der Waals surface area (Å²) in [5, 5.41) is 8.93. The molecule has 10 heteroatoms. The average molecular weight is 436 g/mol. The van der Waals surface area contributed by atoms with Gasteiger partial charge in [0, 0.05) is 30.6 Å². The van der Waals surface area contributed by atoms with E-state index in [-0.39, 0.29) is 24.7 Å². The molecule has 0 N–H and O–H groups in total. The van der Waals surface area contributed by atoms with Gasteiger partial charge in [0.1, 0.15) is 5.69 Å². The number of likely N-dealkylation sites (tertiary alicyclic amines) is 1. The highest BCUT2D eigenvalue weighted by molar-refractivity contribution is 5.93. The summed E-state index contributed by atoms with van der Waals surface area (Å²) < 4.78 is 34.8. The standard InChI is InChI=1S/C22H18F2N6O2/c23-22(24)8-12-29(21(31)18-13-16(7-9-25-18)30-26-10-11-27-30)14-19(22)32-20-6-5-15-3-1-2-4-17(15)28-20/h1-7,9-11,13,19H,8,12,14H2/t19-/m0/s1. The van der Waals surface area contributed by atoms with Gasteiger partial charge in [-0.05, 0) is 24.3 Å². The van der Waals surface area contributed by atoms with Crippen LogP contribution in [0.1, 0.15) is 16.9 Å². The number of carbonyl (C=O) groups is 1. The Morgan fingerprint density at radius 2 is 1.88 bits per heavy atom. The van der Waals surface area contributed by atoms with Crippen LogP contribution >= 0.6 is 0 Å². The largest absolute Gasteiger partial charge is 0.466 e. The summed E-state index contributed by atoms with van der Waals surface area (Å²) in [4.78, 5) is 24.1. The van der Waals surface area contributed by atoms with Gasteiger partial charge in [-0.15, -0.1) is 0 Å². The van der Waals surface area contributed by atoms with Crippen LogP contribution in [0, 0.1) is 0 Å². The van der Waals surface area contributed by atoms with E-state index in [0.29, 0.717) is 11.2 Å². The fraction of sp³-hybridized carbons (Fsp3) is 0.227. The van der Waals surface area contributed by atoms with Gasteiger partial charge in [-0.2, -0.15) is 15.0 Å². The first kappa shape index (κ1) is 20.0. The number of carbonyl (C=O) groups excluding carboxylic acids is 1. The van der Waals surface area contributed by atoms with Crippen LogP contribution in [0.4, 0.5) is 8.78 Å². The van der Waals surface area contributed by atoms with Crippen LogP contribution in [0.15, 0.2) is 67.1 Å². The first-order valence-electron chi connectivity index (χ1n) is 10.0. The molecule has 0 aliphatic carbocycles. The molecule has 1 aromatic carbocycles. The number of ether oxygens (including phenoxy) is 1. The minimum atomic E-state index is -3.10. The van der Waals surface area contributed by atoms with Crippen molar-refractivity contribution in [1.82, 2.24) is 29.9 Å². The molecule has 4 aromatic rings. The van der Waals surface area contributed by atoms with Gasteiger partial charge in [-0.1, -0.05) is 18.2 Å². The molecule has 0 spiro atoms. The molecule has 5 rings (SSSR count). The lowest BCUT2D eigenvalue weighted by atomic mass is 10.0. The van der Waals surface area contributed by atoms with Gasteiger partial charge in [-0.3, -0.25) is 9.78 Å². The van der Waals surface area contributed by atoms with Crippen molar-refractivity contribution >= 4 is 16.8 Å². The number of hydrogen-bond acceptors (Lipinski definition) is 6. The molecule has 1 saturated heterocycles. The van der Waals surface area contributed by atoms with Crippen molar-refractivity contribution in [2.45, 2.75) is 18.4 Å². The molecular formula is C22H18F2N6O2. The summed E-state index contributed by atoms with van der Waals surface area (Å²) in [6.45, 7) is -0.394. The Morgan fingerprint density at radius 3 is 2.72 bits per heavy atom. The van der Waals surface area contributed by atoms with Gasteiger partial charge >= 0.3 is 0 Å². The molecule has 1 fully saturated rings. The SMILES string of the molecule is O=C(c1cc(-n2nccn2)ccn1)N1CCC(F)(F)[C@@H](Oc2ccc3ccccc3n2)C1. The minimum absolute atomic E-state index is 0.0903. The minimum Gasteiger partial charge on any atom is -0.466 e. The van der Waals surface area contributed by atoms with Crippen molar-refractivity contribution in [3.8, 4) is 11.6 Å². The summed E-state index contributed by atoms with van der Waals surface area (Å²) in [5.41, 5.74) is 1.31. The zero-order chi connectivity index (χ0) is 22.1. The molecule has 1 aliphatic heterocycles. The molecule has 0 saturated carbocycles. The quantitative estimate of drug-likeness (QED) is 0.489. The lowest BCUT2D eigenvalue weighted by Crippen LogP contribution is -2.55. The summed E-state index contributed by atoms with van der Waals surface area (Å²) in [7, 11) is 0. The number of piperidine rings is 1. The maximum atomic E-state index is 14.6. The first-order valence-corrected chi connectivity index (χ1v) is 10.0. The predicted molar refractivity (Wildman–Crippen MR) is 111 cm³/mol. The molecule has 3 aromatic heterocycles. The van der Waals surface area contributed by atoms with Gasteiger partial charge in [-0.25, -0.2) is 13.8 Å². The number of alkyl halides is 2. The summed E-state index contributed by atoms with van der Waals surface area (Å²) in [6, 6.07) is 13.8. The lowest BCUT2D eigenvalue weighted by Gasteiger charge is -2.37. The van der Waals surface area contributed by atoms with Crippen LogP contribution in [0.2, 0.25) is 0 Å². The van der Waals surface area contributed by atoms with E-state index in [0.717, 1.165) is 5.39 Å². The normalized spacial score (nSPS) is 17.9. The number of rotatable bonds is 4. The highest BCUT2D eigenvalue weighted by atomic mass is 19.3. The van der Waals surface area contributed by atoms with Gasteiger partial charge < -0.3 is 9.64 Å². The van der Waals surface area contributed by atoms with Crippen LogP contribution in [-0.4, -0.2) is 60.9 Å². The van der Waals surface area contributed by atoms with E-state index in [1.807, 2.05) is 18.2 Å². The van der Waals surface area contributed by atoms with Gasteiger partial charge in [0.15, 0.2) is 6.10 Å². The van der Waals surface area contributed by atoms with E-state index in [4.69, 9.17) is 4.74 Å². The number of benzene rings is 1. The zero-order valence-electron chi connectivity index (χ0n) is 16.8. The van der Waals surface area contributed by atoms with Crippen molar-refractivity contribution in [1.29, 1.82) is 0 Å². The van der Waals surface area contributed by atoms with Crippen LogP contribution < -0.4 is 4.74 Å². The van der Waals surface area contributed by atoms with E-state index in [1.165, 1.54) is 34.4 Å². The predicted octanol–water partition coefficient (Wildman–Crippen LogP) is 3.14. The topological polar surface area (TPSA) is 86.0 Å². The van der Waals surface area contributed by atoms with E-state index < -0.39 is 24.4 Å². The molecule has 4 heterocycles. The smallest absolute Gasteiger partial charge is 0.287 e. The van der Waals surface area contributed by atoms with Gasteiger partial charge in [0.25, 0.3) is 11.8 Å². The van der Waals surface area contributed by atoms with Crippen LogP contribution in [0.25, 0.3) is 16.6 Å².